The number of halogens is 1. The van der Waals surface area contributed by atoms with E-state index in [1.54, 1.807) is 18.5 Å². The molecule has 150 valence electrons. The van der Waals surface area contributed by atoms with Crippen LogP contribution in [0.3, 0.4) is 0 Å². The van der Waals surface area contributed by atoms with E-state index >= 15 is 0 Å². The molecule has 29 heavy (non-hydrogen) atoms. The molecule has 4 aliphatic carbocycles. The maximum atomic E-state index is 13.3. The molecular weight excluding hydrogens is 369 g/mol. The van der Waals surface area contributed by atoms with Gasteiger partial charge in [0.2, 0.25) is 0 Å². The van der Waals surface area contributed by atoms with Gasteiger partial charge in [-0.3, -0.25) is 5.10 Å². The van der Waals surface area contributed by atoms with Crippen molar-refractivity contribution in [2.45, 2.75) is 56.1 Å². The molecule has 0 amide bonds. The van der Waals surface area contributed by atoms with Crippen LogP contribution >= 0.6 is 0 Å². The van der Waals surface area contributed by atoms with Crippen LogP contribution in [0.25, 0.3) is 11.3 Å². The smallest absolute Gasteiger partial charge is 0.162 e. The van der Waals surface area contributed by atoms with E-state index in [4.69, 9.17) is 0 Å². The van der Waals surface area contributed by atoms with Crippen LogP contribution < -0.4 is 5.32 Å². The fourth-order valence-electron chi connectivity index (χ4n) is 6.63. The minimum atomic E-state index is -0.228. The maximum Gasteiger partial charge on any atom is 0.162 e. The molecule has 4 fully saturated rings. The topological polar surface area (TPSA) is 84.3 Å². The van der Waals surface area contributed by atoms with Gasteiger partial charge in [-0.1, -0.05) is 0 Å². The fourth-order valence-corrected chi connectivity index (χ4v) is 6.63. The first-order valence-electron chi connectivity index (χ1n) is 10.4. The number of nitrogens with one attached hydrogen (secondary N) is 2. The van der Waals surface area contributed by atoms with Crippen LogP contribution in [0.15, 0.2) is 36.8 Å². The lowest BCUT2D eigenvalue weighted by molar-refractivity contribution is -0.0853. The quantitative estimate of drug-likeness (QED) is 0.696. The summed E-state index contributed by atoms with van der Waals surface area (Å²) in [5, 5.41) is 24.0. The van der Waals surface area contributed by atoms with Crippen molar-refractivity contribution in [2.24, 2.45) is 11.8 Å². The molecule has 3 aromatic rings. The fraction of sp³-hybridized carbons (Fsp3) is 0.524. The molecule has 0 saturated heterocycles. The number of H-pyrrole nitrogens is 1. The van der Waals surface area contributed by atoms with Crippen molar-refractivity contribution in [2.75, 3.05) is 0 Å². The summed E-state index contributed by atoms with van der Waals surface area (Å²) in [6.07, 6.45) is 10.6. The number of hydrogen-bond donors (Lipinski definition) is 2. The summed E-state index contributed by atoms with van der Waals surface area (Å²) in [6.45, 7) is 0.740. The first-order valence-corrected chi connectivity index (χ1v) is 10.4. The van der Waals surface area contributed by atoms with Crippen LogP contribution in [-0.2, 0) is 12.1 Å². The average Bonchev–Trinajstić information content (AvgIpc) is 3.39. The second-order valence-electron chi connectivity index (χ2n) is 9.32. The highest BCUT2D eigenvalue weighted by molar-refractivity contribution is 5.62. The van der Waals surface area contributed by atoms with Crippen LogP contribution in [0.1, 0.15) is 44.1 Å². The van der Waals surface area contributed by atoms with Crippen LogP contribution in [0.5, 0.6) is 0 Å². The summed E-state index contributed by atoms with van der Waals surface area (Å²) in [7, 11) is 0. The summed E-state index contributed by atoms with van der Waals surface area (Å²) in [6, 6.07) is 6.56. The van der Waals surface area contributed by atoms with Crippen molar-refractivity contribution in [3.05, 3.63) is 48.2 Å². The number of benzene rings is 1. The van der Waals surface area contributed by atoms with Crippen LogP contribution in [0.2, 0.25) is 0 Å². The van der Waals surface area contributed by atoms with Gasteiger partial charge in [-0.2, -0.15) is 9.90 Å². The molecule has 2 atom stereocenters. The molecule has 2 heterocycles. The molecule has 4 bridgehead atoms. The maximum absolute atomic E-state index is 13.3. The first-order chi connectivity index (χ1) is 14.1. The lowest BCUT2D eigenvalue weighted by Crippen LogP contribution is -2.65. The molecule has 2 N–H and O–H groups in total. The second kappa shape index (κ2) is 6.19. The van der Waals surface area contributed by atoms with Gasteiger partial charge in [0, 0.05) is 23.2 Å². The van der Waals surface area contributed by atoms with E-state index in [1.165, 1.54) is 31.4 Å². The van der Waals surface area contributed by atoms with Gasteiger partial charge in [0.1, 0.15) is 5.82 Å². The van der Waals surface area contributed by atoms with E-state index in [0.717, 1.165) is 54.5 Å². The van der Waals surface area contributed by atoms with Crippen LogP contribution in [0.4, 0.5) is 4.39 Å². The highest BCUT2D eigenvalue weighted by atomic mass is 19.1. The van der Waals surface area contributed by atoms with Gasteiger partial charge in [0.15, 0.2) is 6.33 Å². The Morgan fingerprint density at radius 2 is 1.93 bits per heavy atom. The molecule has 0 radical (unpaired) electrons. The van der Waals surface area contributed by atoms with E-state index in [9.17, 15) is 4.39 Å². The SMILES string of the molecule is Fc1ccc(-c2[nH]ncc2CNC23CC4CC(C2)CC(n2ncnn2)(C4)C3)cc1. The summed E-state index contributed by atoms with van der Waals surface area (Å²) >= 11 is 0. The van der Waals surface area contributed by atoms with Gasteiger partial charge in [-0.15, -0.1) is 10.2 Å². The van der Waals surface area contributed by atoms with E-state index in [2.05, 4.69) is 30.9 Å². The van der Waals surface area contributed by atoms with Crippen molar-refractivity contribution in [1.82, 2.24) is 35.7 Å². The molecule has 1 aromatic carbocycles. The molecule has 8 heteroatoms. The molecule has 2 aromatic heterocycles. The highest BCUT2D eigenvalue weighted by Crippen LogP contribution is 2.60. The third kappa shape index (κ3) is 2.80. The summed E-state index contributed by atoms with van der Waals surface area (Å²) in [5.74, 6) is 1.21. The Morgan fingerprint density at radius 1 is 1.14 bits per heavy atom. The van der Waals surface area contributed by atoms with Crippen molar-refractivity contribution >= 4 is 0 Å². The molecule has 0 aliphatic heterocycles. The minimum absolute atomic E-state index is 0.00374. The predicted octanol–water partition coefficient (Wildman–Crippen LogP) is 3.04. The molecule has 4 aliphatic rings. The monoisotopic (exact) mass is 393 g/mol. The Morgan fingerprint density at radius 3 is 2.66 bits per heavy atom. The van der Waals surface area contributed by atoms with Crippen molar-refractivity contribution in [1.29, 1.82) is 0 Å². The molecule has 7 rings (SSSR count). The van der Waals surface area contributed by atoms with Crippen molar-refractivity contribution in [3.8, 4) is 11.3 Å². The number of tetrazole rings is 1. The van der Waals surface area contributed by atoms with E-state index < -0.39 is 0 Å². The summed E-state index contributed by atoms with van der Waals surface area (Å²) in [4.78, 5) is 1.89. The third-order valence-corrected chi connectivity index (χ3v) is 7.31. The van der Waals surface area contributed by atoms with E-state index in [1.807, 2.05) is 11.0 Å². The largest absolute Gasteiger partial charge is 0.307 e. The van der Waals surface area contributed by atoms with Gasteiger partial charge in [-0.05, 0) is 79.8 Å². The molecule has 2 unspecified atom stereocenters. The normalized spacial score (nSPS) is 32.7. The highest BCUT2D eigenvalue weighted by Gasteiger charge is 2.59. The Hall–Kier alpha value is -2.61. The number of hydrogen-bond acceptors (Lipinski definition) is 5. The van der Waals surface area contributed by atoms with Gasteiger partial charge < -0.3 is 5.32 Å². The minimum Gasteiger partial charge on any atom is -0.307 e. The average molecular weight is 393 g/mol. The first kappa shape index (κ1) is 17.3. The number of rotatable bonds is 5. The zero-order valence-corrected chi connectivity index (χ0v) is 16.2. The van der Waals surface area contributed by atoms with E-state index in [0.29, 0.717) is 0 Å². The standard InChI is InChI=1S/C21H24FN7/c22-18-3-1-16(2-4-18)19-17(11-24-27-19)10-23-20-6-14-5-15(7-20)9-21(8-14,12-20)29-26-13-25-28-29/h1-4,11,13-15,23H,5-10,12H2,(H,24,27). The summed E-state index contributed by atoms with van der Waals surface area (Å²) < 4.78 is 13.3. The van der Waals surface area contributed by atoms with Gasteiger partial charge in [0.05, 0.1) is 17.4 Å². The van der Waals surface area contributed by atoms with Gasteiger partial charge in [-0.25, -0.2) is 4.39 Å². The number of aromatic nitrogens is 6. The molecule has 4 saturated carbocycles. The third-order valence-electron chi connectivity index (χ3n) is 7.31. The number of aromatic amines is 1. The molecule has 7 nitrogen and oxygen atoms in total. The summed E-state index contributed by atoms with van der Waals surface area (Å²) in [5.41, 5.74) is 3.13. The van der Waals surface area contributed by atoms with Crippen LogP contribution in [0, 0.1) is 17.7 Å². The van der Waals surface area contributed by atoms with Gasteiger partial charge in [0.25, 0.3) is 0 Å². The molecular formula is C21H24FN7. The predicted molar refractivity (Wildman–Crippen MR) is 104 cm³/mol. The van der Waals surface area contributed by atoms with E-state index in [-0.39, 0.29) is 16.9 Å². The van der Waals surface area contributed by atoms with Crippen molar-refractivity contribution < 1.29 is 4.39 Å². The van der Waals surface area contributed by atoms with Crippen molar-refractivity contribution in [3.63, 3.8) is 0 Å². The Kier molecular flexibility index (Phi) is 3.69. The second-order valence-corrected chi connectivity index (χ2v) is 9.32. The lowest BCUT2D eigenvalue weighted by atomic mass is 9.50. The zero-order chi connectivity index (χ0) is 19.5. The Bertz CT molecular complexity index is 996. The molecule has 0 spiro atoms. The van der Waals surface area contributed by atoms with Gasteiger partial charge >= 0.3 is 0 Å². The Balaban J connectivity index is 1.26. The zero-order valence-electron chi connectivity index (χ0n) is 16.2. The van der Waals surface area contributed by atoms with Crippen LogP contribution in [-0.4, -0.2) is 35.9 Å². The number of nitrogens with zero attached hydrogens (tertiary/aromatic N) is 5. The Labute approximate surface area is 168 Å². The lowest BCUT2D eigenvalue weighted by Gasteiger charge is -2.61.